The summed E-state index contributed by atoms with van der Waals surface area (Å²) in [6.07, 6.45) is 0. The number of alkyl halides is 1. The van der Waals surface area contributed by atoms with Gasteiger partial charge in [-0.2, -0.15) is 0 Å². The molecule has 0 aromatic rings. The molecule has 10 heavy (non-hydrogen) atoms. The van der Waals surface area contributed by atoms with Crippen molar-refractivity contribution in [3.63, 3.8) is 0 Å². The molecule has 0 saturated carbocycles. The SMILES string of the molecule is C[C@@H](CO)NS(=O)(=O)CCl. The summed E-state index contributed by atoms with van der Waals surface area (Å²) in [5.74, 6) is 0. The normalized spacial score (nSPS) is 15.1. The lowest BCUT2D eigenvalue weighted by Gasteiger charge is -2.08. The molecule has 6 heteroatoms. The second kappa shape index (κ2) is 4.12. The second-order valence-corrected chi connectivity index (χ2v) is 4.26. The topological polar surface area (TPSA) is 66.4 Å². The molecule has 0 rings (SSSR count). The Morgan fingerprint density at radius 2 is 2.20 bits per heavy atom. The quantitative estimate of drug-likeness (QED) is 0.583. The van der Waals surface area contributed by atoms with Gasteiger partial charge in [-0.3, -0.25) is 0 Å². The predicted octanol–water partition coefficient (Wildman–Crippen LogP) is -0.517. The number of aliphatic hydroxyl groups excluding tert-OH is 1. The number of aliphatic hydroxyl groups is 1. The number of sulfonamides is 1. The summed E-state index contributed by atoms with van der Waals surface area (Å²) in [5.41, 5.74) is 0. The summed E-state index contributed by atoms with van der Waals surface area (Å²) in [5, 5.41) is 7.95. The van der Waals surface area contributed by atoms with Crippen LogP contribution in [0.25, 0.3) is 0 Å². The van der Waals surface area contributed by atoms with Gasteiger partial charge in [0.15, 0.2) is 0 Å². The van der Waals surface area contributed by atoms with Crippen molar-refractivity contribution in [1.82, 2.24) is 4.72 Å². The van der Waals surface area contributed by atoms with E-state index in [0.717, 1.165) is 0 Å². The summed E-state index contributed by atoms with van der Waals surface area (Å²) in [6, 6.07) is -0.469. The summed E-state index contributed by atoms with van der Waals surface area (Å²) < 4.78 is 23.4. The number of hydrogen-bond acceptors (Lipinski definition) is 3. The van der Waals surface area contributed by atoms with E-state index in [1.165, 1.54) is 0 Å². The number of hydrogen-bond donors (Lipinski definition) is 2. The molecule has 0 fully saturated rings. The van der Waals surface area contributed by atoms with Crippen LogP contribution >= 0.6 is 11.6 Å². The van der Waals surface area contributed by atoms with Crippen LogP contribution in [0.3, 0.4) is 0 Å². The van der Waals surface area contributed by atoms with Crippen LogP contribution in [0.2, 0.25) is 0 Å². The average Bonchev–Trinajstić information content (AvgIpc) is 1.87. The van der Waals surface area contributed by atoms with Crippen LogP contribution in [0.15, 0.2) is 0 Å². The Balaban J connectivity index is 3.90. The summed E-state index contributed by atoms with van der Waals surface area (Å²) >= 11 is 5.06. The van der Waals surface area contributed by atoms with Crippen molar-refractivity contribution < 1.29 is 13.5 Å². The molecule has 0 aliphatic rings. The van der Waals surface area contributed by atoms with Crippen molar-refractivity contribution in [2.45, 2.75) is 13.0 Å². The molecule has 0 spiro atoms. The Labute approximate surface area is 65.2 Å². The Kier molecular flexibility index (Phi) is 4.19. The summed E-state index contributed by atoms with van der Waals surface area (Å²) in [4.78, 5) is 0. The molecule has 4 nitrogen and oxygen atoms in total. The highest BCUT2D eigenvalue weighted by molar-refractivity contribution is 7.90. The van der Waals surface area contributed by atoms with Gasteiger partial charge in [-0.15, -0.1) is 11.6 Å². The van der Waals surface area contributed by atoms with Crippen molar-refractivity contribution in [2.24, 2.45) is 0 Å². The first-order valence-electron chi connectivity index (χ1n) is 2.68. The van der Waals surface area contributed by atoms with Crippen LogP contribution in [-0.2, 0) is 10.0 Å². The molecule has 0 aliphatic heterocycles. The van der Waals surface area contributed by atoms with Crippen LogP contribution < -0.4 is 4.72 Å². The highest BCUT2D eigenvalue weighted by atomic mass is 35.5. The Hall–Kier alpha value is 0.160. The van der Waals surface area contributed by atoms with Gasteiger partial charge >= 0.3 is 0 Å². The maximum Gasteiger partial charge on any atom is 0.225 e. The van der Waals surface area contributed by atoms with Crippen molar-refractivity contribution in [3.05, 3.63) is 0 Å². The third-order valence-electron chi connectivity index (χ3n) is 0.798. The van der Waals surface area contributed by atoms with E-state index in [2.05, 4.69) is 4.72 Å². The molecule has 2 N–H and O–H groups in total. The highest BCUT2D eigenvalue weighted by Gasteiger charge is 2.10. The highest BCUT2D eigenvalue weighted by Crippen LogP contribution is 1.90. The van der Waals surface area contributed by atoms with E-state index in [1.54, 1.807) is 6.92 Å². The first-order valence-corrected chi connectivity index (χ1v) is 4.87. The molecule has 0 amide bonds. The zero-order chi connectivity index (χ0) is 8.20. The fourth-order valence-electron chi connectivity index (χ4n) is 0.375. The molecule has 0 aliphatic carbocycles. The fourth-order valence-corrected chi connectivity index (χ4v) is 1.31. The van der Waals surface area contributed by atoms with Gasteiger partial charge in [0, 0.05) is 6.04 Å². The lowest BCUT2D eigenvalue weighted by Crippen LogP contribution is -2.35. The van der Waals surface area contributed by atoms with Crippen LogP contribution in [-0.4, -0.2) is 31.4 Å². The minimum atomic E-state index is -3.38. The average molecular weight is 188 g/mol. The third-order valence-corrected chi connectivity index (χ3v) is 2.71. The van der Waals surface area contributed by atoms with Crippen LogP contribution in [0.4, 0.5) is 0 Å². The zero-order valence-corrected chi connectivity index (χ0v) is 7.11. The van der Waals surface area contributed by atoms with E-state index in [9.17, 15) is 8.42 Å². The number of nitrogens with one attached hydrogen (secondary N) is 1. The number of halogens is 1. The van der Waals surface area contributed by atoms with Crippen LogP contribution in [0.5, 0.6) is 0 Å². The largest absolute Gasteiger partial charge is 0.395 e. The first kappa shape index (κ1) is 10.2. The molecular weight excluding hydrogens is 178 g/mol. The zero-order valence-electron chi connectivity index (χ0n) is 5.54. The van der Waals surface area contributed by atoms with E-state index in [-0.39, 0.29) is 6.61 Å². The van der Waals surface area contributed by atoms with Crippen molar-refractivity contribution in [1.29, 1.82) is 0 Å². The van der Waals surface area contributed by atoms with Gasteiger partial charge in [-0.1, -0.05) is 0 Å². The number of rotatable bonds is 4. The molecule has 0 unspecified atom stereocenters. The molecule has 0 heterocycles. The Bertz CT molecular complexity index is 179. The fraction of sp³-hybridized carbons (Fsp3) is 1.00. The lowest BCUT2D eigenvalue weighted by atomic mass is 10.4. The summed E-state index contributed by atoms with van der Waals surface area (Å²) in [6.45, 7) is 1.32. The van der Waals surface area contributed by atoms with Crippen LogP contribution in [0.1, 0.15) is 6.92 Å². The first-order chi connectivity index (χ1) is 4.52. The van der Waals surface area contributed by atoms with Crippen molar-refractivity contribution in [2.75, 3.05) is 11.8 Å². The molecule has 0 bridgehead atoms. The Morgan fingerprint density at radius 1 is 1.70 bits per heavy atom. The smallest absolute Gasteiger partial charge is 0.225 e. The lowest BCUT2D eigenvalue weighted by molar-refractivity contribution is 0.265. The predicted molar refractivity (Wildman–Crippen MR) is 39.3 cm³/mol. The van der Waals surface area contributed by atoms with Gasteiger partial charge < -0.3 is 5.11 Å². The van der Waals surface area contributed by atoms with E-state index >= 15 is 0 Å². The van der Waals surface area contributed by atoms with E-state index in [0.29, 0.717) is 0 Å². The van der Waals surface area contributed by atoms with Gasteiger partial charge in [0.1, 0.15) is 5.21 Å². The van der Waals surface area contributed by atoms with Crippen molar-refractivity contribution >= 4 is 21.6 Å². The van der Waals surface area contributed by atoms with Crippen molar-refractivity contribution in [3.8, 4) is 0 Å². The van der Waals surface area contributed by atoms with E-state index in [4.69, 9.17) is 16.7 Å². The second-order valence-electron chi connectivity index (χ2n) is 1.93. The van der Waals surface area contributed by atoms with Gasteiger partial charge in [-0.05, 0) is 6.92 Å². The van der Waals surface area contributed by atoms with Gasteiger partial charge in [0.25, 0.3) is 0 Å². The monoisotopic (exact) mass is 187 g/mol. The maximum absolute atomic E-state index is 10.6. The summed E-state index contributed by atoms with van der Waals surface area (Å²) in [7, 11) is -3.38. The maximum atomic E-state index is 10.6. The van der Waals surface area contributed by atoms with Gasteiger partial charge in [-0.25, -0.2) is 13.1 Å². The third kappa shape index (κ3) is 4.05. The molecule has 0 aromatic carbocycles. The molecular formula is C4H10ClNO3S. The van der Waals surface area contributed by atoms with E-state index in [1.807, 2.05) is 0 Å². The van der Waals surface area contributed by atoms with Gasteiger partial charge in [0.05, 0.1) is 6.61 Å². The molecule has 0 radical (unpaired) electrons. The minimum absolute atomic E-state index is 0.226. The minimum Gasteiger partial charge on any atom is -0.395 e. The Morgan fingerprint density at radius 3 is 2.50 bits per heavy atom. The molecule has 0 aromatic heterocycles. The standard InChI is InChI=1S/C4H10ClNO3S/c1-4(2-7)6-10(8,9)3-5/h4,6-7H,2-3H2,1H3/t4-/m0/s1. The van der Waals surface area contributed by atoms with Crippen LogP contribution in [0, 0.1) is 0 Å². The molecule has 62 valence electrons. The molecule has 1 atom stereocenters. The van der Waals surface area contributed by atoms with Gasteiger partial charge in [0.2, 0.25) is 10.0 Å². The molecule has 0 saturated heterocycles. The van der Waals surface area contributed by atoms with E-state index < -0.39 is 21.3 Å².